The first kappa shape index (κ1) is 23.3. The zero-order chi connectivity index (χ0) is 21.0. The molecule has 2 N–H and O–H groups in total. The van der Waals surface area contributed by atoms with Crippen molar-refractivity contribution in [2.75, 3.05) is 52.5 Å². The van der Waals surface area contributed by atoms with Gasteiger partial charge in [-0.3, -0.25) is 9.89 Å². The molecule has 7 heteroatoms. The first-order valence-electron chi connectivity index (χ1n) is 11.4. The van der Waals surface area contributed by atoms with Crippen molar-refractivity contribution in [2.45, 2.75) is 45.3 Å². The molecule has 1 aromatic carbocycles. The van der Waals surface area contributed by atoms with Crippen molar-refractivity contribution in [1.82, 2.24) is 15.5 Å². The summed E-state index contributed by atoms with van der Waals surface area (Å²) in [5, 5.41) is 7.66. The van der Waals surface area contributed by atoms with Crippen LogP contribution in [-0.4, -0.2) is 69.5 Å². The van der Waals surface area contributed by atoms with E-state index in [0.29, 0.717) is 5.92 Å². The van der Waals surface area contributed by atoms with E-state index in [1.807, 2.05) is 12.1 Å². The monoisotopic (exact) mass is 436 g/mol. The fourth-order valence-electron chi connectivity index (χ4n) is 3.93. The minimum atomic E-state index is 0.288. The molecule has 0 amide bonds. The number of benzene rings is 1. The lowest BCUT2D eigenvalue weighted by molar-refractivity contribution is 0.0420. The van der Waals surface area contributed by atoms with E-state index in [4.69, 9.17) is 26.1 Å². The number of hydrogen-bond acceptors (Lipinski definition) is 4. The number of hydrogen-bond donors (Lipinski definition) is 2. The predicted octanol–water partition coefficient (Wildman–Crippen LogP) is 3.30. The number of likely N-dealkylation sites (tertiary alicyclic amines) is 1. The molecule has 1 atom stereocenters. The van der Waals surface area contributed by atoms with Gasteiger partial charge in [0.05, 0.1) is 12.7 Å². The van der Waals surface area contributed by atoms with Crippen molar-refractivity contribution in [2.24, 2.45) is 10.9 Å². The molecule has 6 nitrogen and oxygen atoms in total. The number of rotatable bonds is 10. The van der Waals surface area contributed by atoms with E-state index in [-0.39, 0.29) is 6.10 Å². The highest BCUT2D eigenvalue weighted by Crippen LogP contribution is 2.22. The molecule has 2 heterocycles. The second-order valence-electron chi connectivity index (χ2n) is 8.17. The molecular weight excluding hydrogens is 400 g/mol. The van der Waals surface area contributed by atoms with Crippen LogP contribution in [0.15, 0.2) is 29.3 Å². The highest BCUT2D eigenvalue weighted by molar-refractivity contribution is 6.31. The van der Waals surface area contributed by atoms with Crippen LogP contribution in [0, 0.1) is 5.92 Å². The summed E-state index contributed by atoms with van der Waals surface area (Å²) in [5.74, 6) is 1.56. The molecular formula is C23H37ClN4O2. The SMILES string of the molecule is CCNC(=NCC1CCN(Cc2ccccc2Cl)CC1)NCCCOC1CCOC1. The van der Waals surface area contributed by atoms with E-state index in [1.165, 1.54) is 18.4 Å². The number of nitrogens with zero attached hydrogens (tertiary/aromatic N) is 2. The lowest BCUT2D eigenvalue weighted by Gasteiger charge is -2.31. The topological polar surface area (TPSA) is 58.1 Å². The third-order valence-electron chi connectivity index (χ3n) is 5.77. The molecule has 0 saturated carbocycles. The van der Waals surface area contributed by atoms with Crippen LogP contribution in [0.2, 0.25) is 5.02 Å². The van der Waals surface area contributed by atoms with Crippen molar-refractivity contribution < 1.29 is 9.47 Å². The van der Waals surface area contributed by atoms with Gasteiger partial charge in [-0.15, -0.1) is 0 Å². The van der Waals surface area contributed by atoms with Crippen LogP contribution in [-0.2, 0) is 16.0 Å². The number of guanidine groups is 1. The van der Waals surface area contributed by atoms with Gasteiger partial charge in [0.15, 0.2) is 5.96 Å². The highest BCUT2D eigenvalue weighted by Gasteiger charge is 2.20. The summed E-state index contributed by atoms with van der Waals surface area (Å²) in [6.45, 7) is 10.2. The van der Waals surface area contributed by atoms with Gasteiger partial charge in [-0.05, 0) is 63.2 Å². The standard InChI is InChI=1S/C23H37ClN4O2/c1-2-25-23(26-11-5-14-30-21-10-15-29-18-21)27-16-19-8-12-28(13-9-19)17-20-6-3-4-7-22(20)24/h3-4,6-7,19,21H,2,5,8-18H2,1H3,(H2,25,26,27). The van der Waals surface area contributed by atoms with Crippen LogP contribution in [0.25, 0.3) is 0 Å². The van der Waals surface area contributed by atoms with Crippen LogP contribution in [0.3, 0.4) is 0 Å². The summed E-state index contributed by atoms with van der Waals surface area (Å²) in [4.78, 5) is 7.33. The van der Waals surface area contributed by atoms with Gasteiger partial charge in [-0.1, -0.05) is 29.8 Å². The lowest BCUT2D eigenvalue weighted by Crippen LogP contribution is -2.39. The molecule has 30 heavy (non-hydrogen) atoms. The Morgan fingerprint density at radius 3 is 2.80 bits per heavy atom. The average Bonchev–Trinajstić information content (AvgIpc) is 3.28. The second kappa shape index (κ2) is 13.2. The number of ether oxygens (including phenoxy) is 2. The number of nitrogens with one attached hydrogen (secondary N) is 2. The summed E-state index contributed by atoms with van der Waals surface area (Å²) in [6.07, 6.45) is 4.65. The van der Waals surface area contributed by atoms with E-state index in [2.05, 4.69) is 34.6 Å². The zero-order valence-electron chi connectivity index (χ0n) is 18.2. The molecule has 2 fully saturated rings. The zero-order valence-corrected chi connectivity index (χ0v) is 19.0. The molecule has 2 aliphatic heterocycles. The van der Waals surface area contributed by atoms with Gasteiger partial charge in [-0.25, -0.2) is 0 Å². The van der Waals surface area contributed by atoms with Crippen LogP contribution < -0.4 is 10.6 Å². The Labute approximate surface area is 186 Å². The smallest absolute Gasteiger partial charge is 0.191 e. The maximum atomic E-state index is 6.31. The molecule has 2 saturated heterocycles. The summed E-state index contributed by atoms with van der Waals surface area (Å²) in [6, 6.07) is 8.15. The predicted molar refractivity (Wildman–Crippen MR) is 123 cm³/mol. The Morgan fingerprint density at radius 2 is 2.07 bits per heavy atom. The lowest BCUT2D eigenvalue weighted by atomic mass is 9.96. The van der Waals surface area contributed by atoms with E-state index >= 15 is 0 Å². The third kappa shape index (κ3) is 8.06. The summed E-state index contributed by atoms with van der Waals surface area (Å²) < 4.78 is 11.2. The van der Waals surface area contributed by atoms with Gasteiger partial charge in [0.1, 0.15) is 0 Å². The van der Waals surface area contributed by atoms with Crippen molar-refractivity contribution in [3.8, 4) is 0 Å². The Balaban J connectivity index is 1.33. The van der Waals surface area contributed by atoms with Crippen molar-refractivity contribution >= 4 is 17.6 Å². The quantitative estimate of drug-likeness (QED) is 0.335. The van der Waals surface area contributed by atoms with Crippen LogP contribution in [0.4, 0.5) is 0 Å². The van der Waals surface area contributed by atoms with Crippen molar-refractivity contribution in [3.05, 3.63) is 34.9 Å². The molecule has 1 unspecified atom stereocenters. The van der Waals surface area contributed by atoms with Gasteiger partial charge < -0.3 is 20.1 Å². The van der Waals surface area contributed by atoms with Crippen LogP contribution >= 0.6 is 11.6 Å². The van der Waals surface area contributed by atoms with E-state index in [1.54, 1.807) is 0 Å². The number of aliphatic imine (C=N–C) groups is 1. The van der Waals surface area contributed by atoms with Gasteiger partial charge >= 0.3 is 0 Å². The Morgan fingerprint density at radius 1 is 1.23 bits per heavy atom. The molecule has 3 rings (SSSR count). The van der Waals surface area contributed by atoms with Crippen molar-refractivity contribution in [3.63, 3.8) is 0 Å². The Kier molecular flexibility index (Phi) is 10.2. The maximum absolute atomic E-state index is 6.31. The maximum Gasteiger partial charge on any atom is 0.191 e. The van der Waals surface area contributed by atoms with Crippen LogP contribution in [0.5, 0.6) is 0 Å². The van der Waals surface area contributed by atoms with Gasteiger partial charge in [0, 0.05) is 44.4 Å². The largest absolute Gasteiger partial charge is 0.379 e. The molecule has 168 valence electrons. The van der Waals surface area contributed by atoms with Gasteiger partial charge in [-0.2, -0.15) is 0 Å². The van der Waals surface area contributed by atoms with E-state index < -0.39 is 0 Å². The highest BCUT2D eigenvalue weighted by atomic mass is 35.5. The number of piperidine rings is 1. The fourth-order valence-corrected chi connectivity index (χ4v) is 4.13. The molecule has 0 radical (unpaired) electrons. The fraction of sp³-hybridized carbons (Fsp3) is 0.696. The van der Waals surface area contributed by atoms with Gasteiger partial charge in [0.2, 0.25) is 0 Å². The number of halogens is 1. The van der Waals surface area contributed by atoms with E-state index in [0.717, 1.165) is 82.9 Å². The Bertz CT molecular complexity index is 644. The van der Waals surface area contributed by atoms with Gasteiger partial charge in [0.25, 0.3) is 0 Å². The molecule has 2 aliphatic rings. The first-order chi connectivity index (χ1) is 14.7. The second-order valence-corrected chi connectivity index (χ2v) is 8.57. The molecule has 1 aromatic rings. The van der Waals surface area contributed by atoms with Crippen LogP contribution in [0.1, 0.15) is 38.2 Å². The normalized spacial score (nSPS) is 21.1. The van der Waals surface area contributed by atoms with Crippen molar-refractivity contribution in [1.29, 1.82) is 0 Å². The molecule has 0 spiro atoms. The summed E-state index contributed by atoms with van der Waals surface area (Å²) in [7, 11) is 0. The summed E-state index contributed by atoms with van der Waals surface area (Å²) >= 11 is 6.31. The minimum Gasteiger partial charge on any atom is -0.379 e. The van der Waals surface area contributed by atoms with E-state index in [9.17, 15) is 0 Å². The molecule has 0 aliphatic carbocycles. The minimum absolute atomic E-state index is 0.288. The third-order valence-corrected chi connectivity index (χ3v) is 6.13. The average molecular weight is 437 g/mol. The first-order valence-corrected chi connectivity index (χ1v) is 11.8. The summed E-state index contributed by atoms with van der Waals surface area (Å²) in [5.41, 5.74) is 1.22. The molecule has 0 bridgehead atoms. The Hall–Kier alpha value is -1.34. The molecule has 0 aromatic heterocycles.